The summed E-state index contributed by atoms with van der Waals surface area (Å²) in [4.78, 5) is 20.8. The standard InChI is InChI=1S/C13H19N3O2/c1-10(2)6-7-16(3)13-14-8-11(9-15-13)4-5-12(17)18/h4-5,8-10H,6-7H2,1-3H3,(H,17,18)/b5-4+. The SMILES string of the molecule is CC(C)CCN(C)c1ncc(/C=C/C(=O)O)cn1. The third kappa shape index (κ3) is 4.95. The van der Waals surface area contributed by atoms with Gasteiger partial charge in [0.05, 0.1) is 0 Å². The van der Waals surface area contributed by atoms with E-state index in [1.807, 2.05) is 11.9 Å². The van der Waals surface area contributed by atoms with Crippen LogP contribution in [-0.4, -0.2) is 34.6 Å². The molecule has 0 amide bonds. The van der Waals surface area contributed by atoms with Crippen LogP contribution < -0.4 is 4.90 Å². The summed E-state index contributed by atoms with van der Waals surface area (Å²) in [5.74, 6) is 0.321. The van der Waals surface area contributed by atoms with Gasteiger partial charge >= 0.3 is 5.97 Å². The monoisotopic (exact) mass is 249 g/mol. The van der Waals surface area contributed by atoms with Gasteiger partial charge in [0.25, 0.3) is 0 Å². The lowest BCUT2D eigenvalue weighted by Crippen LogP contribution is -2.22. The number of rotatable bonds is 6. The maximum absolute atomic E-state index is 10.4. The van der Waals surface area contributed by atoms with Crippen molar-refractivity contribution in [3.63, 3.8) is 0 Å². The van der Waals surface area contributed by atoms with Gasteiger partial charge in [0, 0.05) is 37.6 Å². The van der Waals surface area contributed by atoms with Crippen molar-refractivity contribution in [2.75, 3.05) is 18.5 Å². The van der Waals surface area contributed by atoms with Gasteiger partial charge < -0.3 is 10.0 Å². The molecule has 5 heteroatoms. The van der Waals surface area contributed by atoms with Crippen molar-refractivity contribution >= 4 is 18.0 Å². The molecule has 0 aliphatic carbocycles. The average molecular weight is 249 g/mol. The molecule has 0 bridgehead atoms. The molecular weight excluding hydrogens is 230 g/mol. The second-order valence-electron chi connectivity index (χ2n) is 4.59. The number of aromatic nitrogens is 2. The molecule has 0 saturated heterocycles. The summed E-state index contributed by atoms with van der Waals surface area (Å²) < 4.78 is 0. The summed E-state index contributed by atoms with van der Waals surface area (Å²) in [7, 11) is 1.95. The topological polar surface area (TPSA) is 66.3 Å². The first-order valence-corrected chi connectivity index (χ1v) is 5.93. The highest BCUT2D eigenvalue weighted by Gasteiger charge is 2.04. The molecule has 0 spiro atoms. The summed E-state index contributed by atoms with van der Waals surface area (Å²) >= 11 is 0. The molecule has 0 radical (unpaired) electrons. The van der Waals surface area contributed by atoms with Crippen molar-refractivity contribution in [2.45, 2.75) is 20.3 Å². The van der Waals surface area contributed by atoms with E-state index < -0.39 is 5.97 Å². The quantitative estimate of drug-likeness (QED) is 0.782. The molecular formula is C13H19N3O2. The van der Waals surface area contributed by atoms with E-state index in [2.05, 4.69) is 23.8 Å². The lowest BCUT2D eigenvalue weighted by molar-refractivity contribution is -0.131. The van der Waals surface area contributed by atoms with Gasteiger partial charge in [-0.2, -0.15) is 0 Å². The van der Waals surface area contributed by atoms with Crippen LogP contribution in [0.3, 0.4) is 0 Å². The summed E-state index contributed by atoms with van der Waals surface area (Å²) in [5.41, 5.74) is 0.679. The molecule has 0 aromatic carbocycles. The Hall–Kier alpha value is -1.91. The van der Waals surface area contributed by atoms with E-state index >= 15 is 0 Å². The zero-order chi connectivity index (χ0) is 13.5. The highest BCUT2D eigenvalue weighted by molar-refractivity contribution is 5.85. The summed E-state index contributed by atoms with van der Waals surface area (Å²) in [5, 5.41) is 8.50. The van der Waals surface area contributed by atoms with Gasteiger partial charge in [-0.25, -0.2) is 14.8 Å². The van der Waals surface area contributed by atoms with E-state index in [9.17, 15) is 4.79 Å². The molecule has 1 heterocycles. The van der Waals surface area contributed by atoms with Gasteiger partial charge in [0.2, 0.25) is 5.95 Å². The number of hydrogen-bond acceptors (Lipinski definition) is 4. The van der Waals surface area contributed by atoms with Crippen molar-refractivity contribution in [3.8, 4) is 0 Å². The van der Waals surface area contributed by atoms with Crippen molar-refractivity contribution in [2.24, 2.45) is 5.92 Å². The predicted molar refractivity (Wildman–Crippen MR) is 71.4 cm³/mol. The van der Waals surface area contributed by atoms with Gasteiger partial charge in [-0.3, -0.25) is 0 Å². The van der Waals surface area contributed by atoms with Crippen LogP contribution >= 0.6 is 0 Å². The van der Waals surface area contributed by atoms with Crippen LogP contribution in [-0.2, 0) is 4.79 Å². The average Bonchev–Trinajstić information content (AvgIpc) is 2.34. The van der Waals surface area contributed by atoms with E-state index in [0.29, 0.717) is 17.4 Å². The fraction of sp³-hybridized carbons (Fsp3) is 0.462. The zero-order valence-corrected chi connectivity index (χ0v) is 11.0. The van der Waals surface area contributed by atoms with E-state index in [-0.39, 0.29) is 0 Å². The van der Waals surface area contributed by atoms with Crippen molar-refractivity contribution < 1.29 is 9.90 Å². The van der Waals surface area contributed by atoms with E-state index in [0.717, 1.165) is 19.0 Å². The minimum Gasteiger partial charge on any atom is -0.478 e. The van der Waals surface area contributed by atoms with Crippen LogP contribution in [0.4, 0.5) is 5.95 Å². The Balaban J connectivity index is 2.61. The van der Waals surface area contributed by atoms with Crippen LogP contribution in [0.1, 0.15) is 25.8 Å². The van der Waals surface area contributed by atoms with Crippen LogP contribution in [0.5, 0.6) is 0 Å². The Morgan fingerprint density at radius 3 is 2.56 bits per heavy atom. The second kappa shape index (κ2) is 6.74. The maximum atomic E-state index is 10.4. The van der Waals surface area contributed by atoms with Crippen LogP contribution in [0, 0.1) is 5.92 Å². The molecule has 98 valence electrons. The highest BCUT2D eigenvalue weighted by Crippen LogP contribution is 2.09. The van der Waals surface area contributed by atoms with Crippen molar-refractivity contribution in [3.05, 3.63) is 24.0 Å². The van der Waals surface area contributed by atoms with E-state index in [1.54, 1.807) is 12.4 Å². The largest absolute Gasteiger partial charge is 0.478 e. The number of carboxylic acid groups (broad SMARTS) is 1. The van der Waals surface area contributed by atoms with Gasteiger partial charge in [0.15, 0.2) is 0 Å². The number of carbonyl (C=O) groups is 1. The fourth-order valence-electron chi connectivity index (χ4n) is 1.33. The van der Waals surface area contributed by atoms with Gasteiger partial charge in [-0.05, 0) is 18.4 Å². The Morgan fingerprint density at radius 2 is 2.06 bits per heavy atom. The molecule has 0 aliphatic rings. The van der Waals surface area contributed by atoms with Crippen LogP contribution in [0.15, 0.2) is 18.5 Å². The molecule has 0 unspecified atom stereocenters. The predicted octanol–water partition coefficient (Wildman–Crippen LogP) is 2.06. The van der Waals surface area contributed by atoms with Gasteiger partial charge in [-0.1, -0.05) is 13.8 Å². The Labute approximate surface area is 107 Å². The van der Waals surface area contributed by atoms with E-state index in [4.69, 9.17) is 5.11 Å². The molecule has 1 rings (SSSR count). The minimum atomic E-state index is -0.979. The smallest absolute Gasteiger partial charge is 0.328 e. The first-order chi connectivity index (χ1) is 8.49. The molecule has 0 saturated carbocycles. The fourth-order valence-corrected chi connectivity index (χ4v) is 1.33. The van der Waals surface area contributed by atoms with Crippen LogP contribution in [0.2, 0.25) is 0 Å². The van der Waals surface area contributed by atoms with Crippen molar-refractivity contribution in [1.29, 1.82) is 0 Å². The normalized spacial score (nSPS) is 11.1. The summed E-state index contributed by atoms with van der Waals surface area (Å²) in [6, 6.07) is 0. The Morgan fingerprint density at radius 1 is 1.44 bits per heavy atom. The lowest BCUT2D eigenvalue weighted by atomic mass is 10.1. The molecule has 1 aromatic heterocycles. The van der Waals surface area contributed by atoms with Gasteiger partial charge in [0.1, 0.15) is 0 Å². The summed E-state index contributed by atoms with van der Waals surface area (Å²) in [6.07, 6.45) is 6.86. The second-order valence-corrected chi connectivity index (χ2v) is 4.59. The molecule has 0 atom stereocenters. The zero-order valence-electron chi connectivity index (χ0n) is 11.0. The molecule has 1 N–H and O–H groups in total. The number of aliphatic carboxylic acids is 1. The first kappa shape index (κ1) is 14.2. The minimum absolute atomic E-state index is 0.644. The molecule has 0 aliphatic heterocycles. The third-order valence-corrected chi connectivity index (χ3v) is 2.46. The van der Waals surface area contributed by atoms with Crippen LogP contribution in [0.25, 0.3) is 6.08 Å². The Bertz CT molecular complexity index is 413. The van der Waals surface area contributed by atoms with Crippen molar-refractivity contribution in [1.82, 2.24) is 9.97 Å². The maximum Gasteiger partial charge on any atom is 0.328 e. The highest BCUT2D eigenvalue weighted by atomic mass is 16.4. The number of anilines is 1. The third-order valence-electron chi connectivity index (χ3n) is 2.46. The number of carboxylic acids is 1. The lowest BCUT2D eigenvalue weighted by Gasteiger charge is -2.17. The molecule has 5 nitrogen and oxygen atoms in total. The number of hydrogen-bond donors (Lipinski definition) is 1. The molecule has 0 fully saturated rings. The first-order valence-electron chi connectivity index (χ1n) is 5.93. The summed E-state index contributed by atoms with van der Waals surface area (Å²) in [6.45, 7) is 5.25. The molecule has 18 heavy (non-hydrogen) atoms. The van der Waals surface area contributed by atoms with Gasteiger partial charge in [-0.15, -0.1) is 0 Å². The number of nitrogens with zero attached hydrogens (tertiary/aromatic N) is 3. The van der Waals surface area contributed by atoms with E-state index in [1.165, 1.54) is 6.08 Å². The Kier molecular flexibility index (Phi) is 5.30. The molecule has 1 aromatic rings.